The Labute approximate surface area is 224 Å². The van der Waals surface area contributed by atoms with Crippen LogP contribution in [0.1, 0.15) is 49.8 Å². The number of rotatable bonds is 8. The molecule has 0 spiro atoms. The van der Waals surface area contributed by atoms with Crippen molar-refractivity contribution in [1.82, 2.24) is 0 Å². The van der Waals surface area contributed by atoms with Gasteiger partial charge in [0.15, 0.2) is 5.79 Å². The molecule has 5 heteroatoms. The highest BCUT2D eigenvalue weighted by Gasteiger charge is 2.76. The quantitative estimate of drug-likeness (QED) is 0.248. The molecule has 2 aliphatic rings. The van der Waals surface area contributed by atoms with Crippen molar-refractivity contribution in [1.29, 1.82) is 0 Å². The molecule has 2 bridgehead atoms. The van der Waals surface area contributed by atoms with Crippen LogP contribution in [-0.2, 0) is 22.4 Å². The van der Waals surface area contributed by atoms with Crippen molar-refractivity contribution in [2.24, 2.45) is 16.7 Å². The average Bonchev–Trinajstić information content (AvgIpc) is 3.28. The summed E-state index contributed by atoms with van der Waals surface area (Å²) in [5.74, 6) is -1.28. The van der Waals surface area contributed by atoms with Gasteiger partial charge in [-0.05, 0) is 65.3 Å². The maximum atomic E-state index is 13.8. The number of Topliss-reactive ketones (excluding diaryl/α,β-unsaturated/α-hetero) is 1. The first-order valence-corrected chi connectivity index (χ1v) is 13.2. The molecule has 3 unspecified atom stereocenters. The van der Waals surface area contributed by atoms with Crippen molar-refractivity contribution in [2.45, 2.75) is 51.7 Å². The third-order valence-electron chi connectivity index (χ3n) is 9.29. The van der Waals surface area contributed by atoms with Gasteiger partial charge >= 0.3 is 0 Å². The number of phenols is 2. The second-order valence-corrected chi connectivity index (χ2v) is 11.4. The molecule has 38 heavy (non-hydrogen) atoms. The van der Waals surface area contributed by atoms with Crippen LogP contribution in [0.5, 0.6) is 11.5 Å². The molecule has 3 aromatic carbocycles. The first-order chi connectivity index (χ1) is 18.0. The molecule has 2 aliphatic carbocycles. The Kier molecular flexibility index (Phi) is 6.49. The van der Waals surface area contributed by atoms with Crippen molar-refractivity contribution >= 4 is 5.78 Å². The van der Waals surface area contributed by atoms with E-state index < -0.39 is 16.6 Å². The smallest absolute Gasteiger partial charge is 0.185 e. The zero-order valence-electron chi connectivity index (χ0n) is 22.3. The number of carbonyl (C=O) groups is 1. The second-order valence-electron chi connectivity index (χ2n) is 11.4. The van der Waals surface area contributed by atoms with Gasteiger partial charge in [-0.2, -0.15) is 0 Å². The number of carbonyl (C=O) groups excluding carboxylic acids is 1. The maximum absolute atomic E-state index is 13.8. The molecule has 3 aromatic rings. The summed E-state index contributed by atoms with van der Waals surface area (Å²) in [6.07, 6.45) is 2.72. The summed E-state index contributed by atoms with van der Waals surface area (Å²) in [5, 5.41) is 31.7. The fraction of sp³-hybridized carbons (Fsp3) is 0.364. The van der Waals surface area contributed by atoms with Crippen LogP contribution in [0.3, 0.4) is 0 Å². The van der Waals surface area contributed by atoms with Gasteiger partial charge in [-0.1, -0.05) is 74.5 Å². The van der Waals surface area contributed by atoms with Gasteiger partial charge < -0.3 is 20.1 Å². The highest BCUT2D eigenvalue weighted by molar-refractivity contribution is 5.89. The molecular weight excluding hydrogens is 476 g/mol. The Morgan fingerprint density at radius 1 is 1.00 bits per heavy atom. The Balaban J connectivity index is 1.32. The molecule has 3 N–H and O–H groups in total. The summed E-state index contributed by atoms with van der Waals surface area (Å²) < 4.78 is 5.65. The van der Waals surface area contributed by atoms with Gasteiger partial charge in [-0.3, -0.25) is 4.79 Å². The van der Waals surface area contributed by atoms with E-state index in [1.807, 2.05) is 56.3 Å². The number of aromatic hydroxyl groups is 2. The summed E-state index contributed by atoms with van der Waals surface area (Å²) in [7, 11) is 1.49. The summed E-state index contributed by atoms with van der Waals surface area (Å²) in [4.78, 5) is 13.8. The molecule has 0 aromatic heterocycles. The lowest BCUT2D eigenvalue weighted by Crippen LogP contribution is -2.55. The van der Waals surface area contributed by atoms with E-state index in [-0.39, 0.29) is 23.2 Å². The number of phenolic OH excluding ortho intramolecular Hbond substituents is 2. The van der Waals surface area contributed by atoms with Crippen LogP contribution in [0.25, 0.3) is 11.1 Å². The molecule has 3 atom stereocenters. The number of hydrogen-bond acceptors (Lipinski definition) is 5. The van der Waals surface area contributed by atoms with Crippen LogP contribution in [0, 0.1) is 16.7 Å². The highest BCUT2D eigenvalue weighted by atomic mass is 16.6. The van der Waals surface area contributed by atoms with Crippen LogP contribution in [0.4, 0.5) is 0 Å². The Bertz CT molecular complexity index is 1390. The predicted molar refractivity (Wildman–Crippen MR) is 148 cm³/mol. The average molecular weight is 513 g/mol. The zero-order valence-corrected chi connectivity index (χ0v) is 22.3. The number of aliphatic hydroxyl groups is 1. The van der Waals surface area contributed by atoms with E-state index in [9.17, 15) is 20.1 Å². The number of methoxy groups -OCH3 is 1. The van der Waals surface area contributed by atoms with E-state index in [0.717, 1.165) is 33.4 Å². The number of ketones is 1. The largest absolute Gasteiger partial charge is 0.508 e. The van der Waals surface area contributed by atoms with Gasteiger partial charge in [0.2, 0.25) is 0 Å². The van der Waals surface area contributed by atoms with E-state index in [1.54, 1.807) is 18.2 Å². The lowest BCUT2D eigenvalue weighted by Gasteiger charge is -2.45. The minimum Gasteiger partial charge on any atom is -0.508 e. The van der Waals surface area contributed by atoms with Gasteiger partial charge in [0.05, 0.1) is 5.41 Å². The lowest BCUT2D eigenvalue weighted by atomic mass is 9.59. The van der Waals surface area contributed by atoms with Crippen LogP contribution < -0.4 is 0 Å². The van der Waals surface area contributed by atoms with E-state index in [0.29, 0.717) is 32.1 Å². The summed E-state index contributed by atoms with van der Waals surface area (Å²) in [5.41, 5.74) is 4.04. The van der Waals surface area contributed by atoms with E-state index in [1.165, 1.54) is 7.11 Å². The Hall–Kier alpha value is -3.41. The van der Waals surface area contributed by atoms with Gasteiger partial charge in [0.1, 0.15) is 17.3 Å². The van der Waals surface area contributed by atoms with Gasteiger partial charge in [-0.15, -0.1) is 0 Å². The standard InChI is InChI=1S/C33H36O5/c1-21-28-16-17-32(31(21,2)3,33(28,37)38-4)30(36)15-10-22-6-5-7-24(18-22)25-11-12-26(29(35)20-25)19-23-8-13-27(34)14-9-23/h5-9,11-14,18,20,28,34-35,37H,1,10,15-17,19H2,2-4H3. The summed E-state index contributed by atoms with van der Waals surface area (Å²) >= 11 is 0. The van der Waals surface area contributed by atoms with E-state index in [2.05, 4.69) is 12.6 Å². The minimum atomic E-state index is -1.51. The highest BCUT2D eigenvalue weighted by Crippen LogP contribution is 2.72. The monoisotopic (exact) mass is 512 g/mol. The van der Waals surface area contributed by atoms with E-state index >= 15 is 0 Å². The van der Waals surface area contributed by atoms with Crippen LogP contribution in [0.2, 0.25) is 0 Å². The molecule has 0 heterocycles. The molecule has 0 amide bonds. The molecular formula is C33H36O5. The van der Waals surface area contributed by atoms with Crippen molar-refractivity contribution in [2.75, 3.05) is 7.11 Å². The molecule has 5 rings (SSSR count). The van der Waals surface area contributed by atoms with Crippen molar-refractivity contribution in [3.63, 3.8) is 0 Å². The molecule has 0 saturated heterocycles. The fourth-order valence-electron chi connectivity index (χ4n) is 7.02. The number of fused-ring (bicyclic) bond motifs is 2. The van der Waals surface area contributed by atoms with Crippen LogP contribution >= 0.6 is 0 Å². The zero-order chi connectivity index (χ0) is 27.3. The SMILES string of the molecule is C=C1C2CCC(C(=O)CCc3cccc(-c4ccc(Cc5ccc(O)cc5)c(O)c4)c3)(C1(C)C)C2(O)OC. The third-order valence-corrected chi connectivity index (χ3v) is 9.29. The van der Waals surface area contributed by atoms with Crippen LogP contribution in [-0.4, -0.2) is 34.0 Å². The molecule has 2 saturated carbocycles. The van der Waals surface area contributed by atoms with Crippen molar-refractivity contribution in [3.05, 3.63) is 95.6 Å². The first kappa shape index (κ1) is 26.2. The normalized spacial score (nSPS) is 25.6. The Morgan fingerprint density at radius 2 is 1.71 bits per heavy atom. The number of hydrogen-bond donors (Lipinski definition) is 3. The van der Waals surface area contributed by atoms with Crippen molar-refractivity contribution < 1.29 is 24.9 Å². The summed E-state index contributed by atoms with van der Waals surface area (Å²) in [6, 6.07) is 20.7. The topological polar surface area (TPSA) is 87.0 Å². The first-order valence-electron chi connectivity index (χ1n) is 13.2. The molecule has 198 valence electrons. The molecule has 0 radical (unpaired) electrons. The lowest BCUT2D eigenvalue weighted by molar-refractivity contribution is -0.252. The van der Waals surface area contributed by atoms with Crippen LogP contribution in [0.15, 0.2) is 78.9 Å². The van der Waals surface area contributed by atoms with Gasteiger partial charge in [-0.25, -0.2) is 0 Å². The van der Waals surface area contributed by atoms with Crippen molar-refractivity contribution in [3.8, 4) is 22.6 Å². The van der Waals surface area contributed by atoms with E-state index in [4.69, 9.17) is 4.74 Å². The second kappa shape index (κ2) is 9.40. The Morgan fingerprint density at radius 3 is 2.39 bits per heavy atom. The fourth-order valence-corrected chi connectivity index (χ4v) is 7.02. The molecule has 2 fully saturated rings. The molecule has 0 aliphatic heterocycles. The maximum Gasteiger partial charge on any atom is 0.185 e. The minimum absolute atomic E-state index is 0.0228. The van der Waals surface area contributed by atoms with Gasteiger partial charge in [0, 0.05) is 31.3 Å². The summed E-state index contributed by atoms with van der Waals surface area (Å²) in [6.45, 7) is 8.26. The number of ether oxygens (including phenoxy) is 1. The third kappa shape index (κ3) is 3.88. The predicted octanol–water partition coefficient (Wildman–Crippen LogP) is 6.18. The number of aryl methyl sites for hydroxylation is 1. The van der Waals surface area contributed by atoms with Gasteiger partial charge in [0.25, 0.3) is 0 Å². The molecule has 5 nitrogen and oxygen atoms in total. The number of benzene rings is 3.